The van der Waals surface area contributed by atoms with Gasteiger partial charge in [-0.1, -0.05) is 24.3 Å². The van der Waals surface area contributed by atoms with Crippen LogP contribution in [0.3, 0.4) is 0 Å². The molecule has 0 unspecified atom stereocenters. The number of hydrogen-bond donors (Lipinski definition) is 2. The van der Waals surface area contributed by atoms with Crippen molar-refractivity contribution in [2.24, 2.45) is 0 Å². The van der Waals surface area contributed by atoms with Crippen molar-refractivity contribution in [2.75, 3.05) is 4.90 Å². The second-order valence-corrected chi connectivity index (χ2v) is 8.12. The van der Waals surface area contributed by atoms with E-state index in [1.54, 1.807) is 15.6 Å². The molecular weight excluding hydrogens is 483 g/mol. The zero-order valence-electron chi connectivity index (χ0n) is 18.4. The van der Waals surface area contributed by atoms with Crippen molar-refractivity contribution in [1.29, 1.82) is 0 Å². The molecule has 6 rings (SSSR count). The number of aromatic amines is 1. The lowest BCUT2D eigenvalue weighted by molar-refractivity contribution is -0.192. The Bertz CT molecular complexity index is 1400. The number of benzene rings is 1. The van der Waals surface area contributed by atoms with E-state index in [0.29, 0.717) is 11.5 Å². The minimum Gasteiger partial charge on any atom is -0.475 e. The number of carbonyl (C=O) groups excluding carboxylic acids is 1. The van der Waals surface area contributed by atoms with Gasteiger partial charge in [-0.05, 0) is 30.9 Å². The number of anilines is 1. The van der Waals surface area contributed by atoms with Crippen molar-refractivity contribution in [3.8, 4) is 22.5 Å². The first-order valence-electron chi connectivity index (χ1n) is 10.8. The molecule has 1 amide bonds. The molecule has 11 nitrogen and oxygen atoms in total. The highest BCUT2D eigenvalue weighted by Gasteiger charge is 2.46. The summed E-state index contributed by atoms with van der Waals surface area (Å²) < 4.78 is 39.0. The molecule has 1 aliphatic heterocycles. The van der Waals surface area contributed by atoms with Crippen LogP contribution >= 0.6 is 0 Å². The lowest BCUT2D eigenvalue weighted by Crippen LogP contribution is -2.34. The third-order valence-electron chi connectivity index (χ3n) is 5.93. The molecule has 0 bridgehead atoms. The molecular formula is C22H18F3N7O4. The molecule has 4 heterocycles. The molecule has 2 N–H and O–H groups in total. The van der Waals surface area contributed by atoms with Gasteiger partial charge in [0, 0.05) is 17.3 Å². The second kappa shape index (κ2) is 8.94. The van der Waals surface area contributed by atoms with E-state index in [4.69, 9.17) is 19.6 Å². The van der Waals surface area contributed by atoms with Gasteiger partial charge in [0.05, 0.1) is 12.2 Å². The molecule has 2 fully saturated rings. The molecule has 0 spiro atoms. The number of rotatable bonds is 3. The Hall–Kier alpha value is -4.49. The fourth-order valence-corrected chi connectivity index (χ4v) is 4.27. The Kier molecular flexibility index (Phi) is 5.78. The van der Waals surface area contributed by atoms with Crippen molar-refractivity contribution in [3.63, 3.8) is 0 Å². The Morgan fingerprint density at radius 2 is 1.86 bits per heavy atom. The van der Waals surface area contributed by atoms with Crippen molar-refractivity contribution in [1.82, 2.24) is 29.8 Å². The van der Waals surface area contributed by atoms with Gasteiger partial charge < -0.3 is 9.84 Å². The number of H-pyrrole nitrogens is 1. The summed E-state index contributed by atoms with van der Waals surface area (Å²) in [5, 5.41) is 18.3. The van der Waals surface area contributed by atoms with E-state index >= 15 is 0 Å². The lowest BCUT2D eigenvalue weighted by atomic mass is 10.1. The number of amides is 1. The average Bonchev–Trinajstić information content (AvgIpc) is 3.63. The van der Waals surface area contributed by atoms with Gasteiger partial charge in [-0.15, -0.1) is 0 Å². The fraction of sp³-hybridized carbons (Fsp3) is 0.273. The number of aromatic nitrogens is 6. The Morgan fingerprint density at radius 1 is 1.14 bits per heavy atom. The lowest BCUT2D eigenvalue weighted by Gasteiger charge is -2.19. The van der Waals surface area contributed by atoms with E-state index < -0.39 is 12.1 Å². The summed E-state index contributed by atoms with van der Waals surface area (Å²) in [6.07, 6.45) is 2.62. The van der Waals surface area contributed by atoms with Crippen LogP contribution in [0.4, 0.5) is 23.8 Å². The van der Waals surface area contributed by atoms with E-state index in [2.05, 4.69) is 20.3 Å². The normalized spacial score (nSPS) is 19.1. The van der Waals surface area contributed by atoms with Crippen LogP contribution in [-0.2, 0) is 9.53 Å². The number of carboxylic acid groups (broad SMARTS) is 1. The summed E-state index contributed by atoms with van der Waals surface area (Å²) >= 11 is 0. The molecule has 3 aromatic heterocycles. The van der Waals surface area contributed by atoms with Crippen LogP contribution in [0.2, 0.25) is 0 Å². The summed E-state index contributed by atoms with van der Waals surface area (Å²) in [4.78, 5) is 31.9. The van der Waals surface area contributed by atoms with Crippen LogP contribution in [0, 0.1) is 0 Å². The Labute approximate surface area is 200 Å². The number of halogens is 3. The topological polar surface area (TPSA) is 139 Å². The third kappa shape index (κ3) is 4.32. The summed E-state index contributed by atoms with van der Waals surface area (Å²) in [5.74, 6) is -1.43. The third-order valence-corrected chi connectivity index (χ3v) is 5.93. The first-order valence-corrected chi connectivity index (χ1v) is 10.8. The van der Waals surface area contributed by atoms with Crippen LogP contribution in [0.25, 0.3) is 28.2 Å². The first-order chi connectivity index (χ1) is 17.2. The zero-order chi connectivity index (χ0) is 25.4. The molecule has 1 aliphatic carbocycles. The predicted molar refractivity (Wildman–Crippen MR) is 118 cm³/mol. The highest BCUT2D eigenvalue weighted by Crippen LogP contribution is 2.36. The van der Waals surface area contributed by atoms with E-state index in [1.807, 2.05) is 36.5 Å². The van der Waals surface area contributed by atoms with Gasteiger partial charge in [0.1, 0.15) is 18.2 Å². The number of aliphatic carboxylic acids is 1. The zero-order valence-corrected chi connectivity index (χ0v) is 18.4. The minimum absolute atomic E-state index is 0.0199. The summed E-state index contributed by atoms with van der Waals surface area (Å²) in [6, 6.07) is 9.85. The molecule has 36 heavy (non-hydrogen) atoms. The summed E-state index contributed by atoms with van der Waals surface area (Å²) in [7, 11) is 0. The molecule has 1 saturated heterocycles. The number of alkyl halides is 3. The van der Waals surface area contributed by atoms with E-state index in [1.165, 1.54) is 6.33 Å². The molecule has 14 heteroatoms. The number of hydrogen-bond acceptors (Lipinski definition) is 7. The van der Waals surface area contributed by atoms with E-state index in [9.17, 15) is 18.0 Å². The number of fused-ring (bicyclic) bond motifs is 2. The summed E-state index contributed by atoms with van der Waals surface area (Å²) in [6.45, 7) is 0. The standard InChI is InChI=1S/C20H17N7O2.C2HF3O2/c28-20-27(15-2-1-3-16(15)29-20)17-8-9-26-19(24-17)14(10-23-26)12-4-6-13(7-5-12)18-21-11-22-25-18;3-2(4,5)1(6)7/h4-11,15-16H,1-3H2,(H,21,22,25);(H,6,7)/t15-,16+;/m0./s1. The van der Waals surface area contributed by atoms with Crippen LogP contribution in [0.15, 0.2) is 49.1 Å². The molecule has 2 atom stereocenters. The molecule has 4 aromatic rings. The molecule has 2 aliphatic rings. The predicted octanol–water partition coefficient (Wildman–Crippen LogP) is 3.69. The number of nitrogens with one attached hydrogen (secondary N) is 1. The number of nitrogens with zero attached hydrogens (tertiary/aromatic N) is 6. The quantitative estimate of drug-likeness (QED) is 0.433. The minimum atomic E-state index is -5.08. The van der Waals surface area contributed by atoms with Crippen LogP contribution < -0.4 is 4.90 Å². The van der Waals surface area contributed by atoms with Crippen LogP contribution in [0.5, 0.6) is 0 Å². The second-order valence-electron chi connectivity index (χ2n) is 8.12. The van der Waals surface area contributed by atoms with Gasteiger partial charge in [0.2, 0.25) is 0 Å². The molecule has 0 radical (unpaired) electrons. The Morgan fingerprint density at radius 3 is 2.53 bits per heavy atom. The number of carboxylic acids is 1. The van der Waals surface area contributed by atoms with Crippen LogP contribution in [-0.4, -0.2) is 65.3 Å². The van der Waals surface area contributed by atoms with E-state index in [0.717, 1.165) is 41.8 Å². The SMILES string of the molecule is O=C(O)C(F)(F)F.O=C1O[C@@H]2CCC[C@@H]2N1c1ccn2ncc(-c3ccc(-c4ncn[nH]4)cc3)c2n1. The highest BCUT2D eigenvalue weighted by atomic mass is 19.4. The van der Waals surface area contributed by atoms with Crippen molar-refractivity contribution >= 4 is 23.5 Å². The largest absolute Gasteiger partial charge is 0.490 e. The van der Waals surface area contributed by atoms with Gasteiger partial charge in [0.25, 0.3) is 0 Å². The number of ether oxygens (including phenoxy) is 1. The first kappa shape index (κ1) is 23.3. The maximum atomic E-state index is 12.4. The monoisotopic (exact) mass is 501 g/mol. The highest BCUT2D eigenvalue weighted by molar-refractivity contribution is 5.90. The van der Waals surface area contributed by atoms with Crippen molar-refractivity contribution in [2.45, 2.75) is 37.6 Å². The maximum Gasteiger partial charge on any atom is 0.490 e. The van der Waals surface area contributed by atoms with Gasteiger partial charge in [-0.3, -0.25) is 10.00 Å². The van der Waals surface area contributed by atoms with E-state index in [-0.39, 0.29) is 18.2 Å². The number of carbonyl (C=O) groups is 2. The molecule has 186 valence electrons. The van der Waals surface area contributed by atoms with Gasteiger partial charge in [-0.2, -0.15) is 23.4 Å². The van der Waals surface area contributed by atoms with Crippen LogP contribution in [0.1, 0.15) is 19.3 Å². The van der Waals surface area contributed by atoms with Gasteiger partial charge in [-0.25, -0.2) is 24.1 Å². The maximum absolute atomic E-state index is 12.4. The Balaban J connectivity index is 0.000000338. The molecule has 1 aromatic carbocycles. The average molecular weight is 501 g/mol. The molecule has 1 saturated carbocycles. The summed E-state index contributed by atoms with van der Waals surface area (Å²) in [5.41, 5.74) is 3.52. The van der Waals surface area contributed by atoms with Crippen molar-refractivity contribution < 1.29 is 32.6 Å². The fourth-order valence-electron chi connectivity index (χ4n) is 4.27. The smallest absolute Gasteiger partial charge is 0.475 e. The van der Waals surface area contributed by atoms with Gasteiger partial charge >= 0.3 is 18.2 Å². The van der Waals surface area contributed by atoms with Gasteiger partial charge in [0.15, 0.2) is 11.5 Å². The van der Waals surface area contributed by atoms with Crippen molar-refractivity contribution in [3.05, 3.63) is 49.1 Å².